The molecule has 1 aromatic rings. The van der Waals surface area contributed by atoms with E-state index in [1.54, 1.807) is 19.2 Å². The topological polar surface area (TPSA) is 76.3 Å². The highest BCUT2D eigenvalue weighted by molar-refractivity contribution is 6.31. The largest absolute Gasteiger partial charge is 0.390 e. The van der Waals surface area contributed by atoms with Crippen molar-refractivity contribution < 1.29 is 10.2 Å². The van der Waals surface area contributed by atoms with Gasteiger partial charge in [0.05, 0.1) is 17.7 Å². The zero-order valence-corrected chi connectivity index (χ0v) is 10.3. The van der Waals surface area contributed by atoms with Crippen LogP contribution >= 0.6 is 11.6 Å². The molecule has 2 unspecified atom stereocenters. The zero-order valence-electron chi connectivity index (χ0n) is 9.52. The predicted octanol–water partition coefficient (Wildman–Crippen LogP) is 1.22. The molecule has 4 nitrogen and oxygen atoms in total. The van der Waals surface area contributed by atoms with Crippen molar-refractivity contribution in [2.24, 2.45) is 0 Å². The average molecular weight is 255 g/mol. The number of nitrogens with zero attached hydrogens (tertiary/aromatic N) is 1. The Balaban J connectivity index is 2.82. The van der Waals surface area contributed by atoms with Gasteiger partial charge in [0.15, 0.2) is 0 Å². The van der Waals surface area contributed by atoms with E-state index in [9.17, 15) is 10.2 Å². The van der Waals surface area contributed by atoms with E-state index in [2.05, 4.69) is 5.32 Å². The maximum Gasteiger partial charge on any atom is 0.106 e. The van der Waals surface area contributed by atoms with E-state index < -0.39 is 12.2 Å². The molecular weight excluding hydrogens is 240 g/mol. The fourth-order valence-electron chi connectivity index (χ4n) is 1.49. The lowest BCUT2D eigenvalue weighted by molar-refractivity contribution is 0.0141. The van der Waals surface area contributed by atoms with Crippen LogP contribution in [-0.2, 0) is 0 Å². The van der Waals surface area contributed by atoms with Gasteiger partial charge in [-0.25, -0.2) is 0 Å². The van der Waals surface area contributed by atoms with Gasteiger partial charge < -0.3 is 15.5 Å². The fourth-order valence-corrected chi connectivity index (χ4v) is 1.79. The van der Waals surface area contributed by atoms with Gasteiger partial charge in [-0.05, 0) is 32.1 Å². The van der Waals surface area contributed by atoms with Crippen molar-refractivity contribution in [3.05, 3.63) is 34.3 Å². The Morgan fingerprint density at radius 1 is 1.47 bits per heavy atom. The molecule has 0 saturated carbocycles. The van der Waals surface area contributed by atoms with Crippen molar-refractivity contribution in [1.29, 1.82) is 5.26 Å². The van der Waals surface area contributed by atoms with Gasteiger partial charge in [0, 0.05) is 10.6 Å². The Labute approximate surface area is 105 Å². The summed E-state index contributed by atoms with van der Waals surface area (Å²) in [5.41, 5.74) is 0.866. The minimum Gasteiger partial charge on any atom is -0.390 e. The summed E-state index contributed by atoms with van der Waals surface area (Å²) in [5.74, 6) is 0. The van der Waals surface area contributed by atoms with Gasteiger partial charge in [0.1, 0.15) is 6.10 Å². The van der Waals surface area contributed by atoms with E-state index in [0.717, 1.165) is 0 Å². The van der Waals surface area contributed by atoms with Crippen molar-refractivity contribution >= 4 is 11.6 Å². The number of hydrogen-bond acceptors (Lipinski definition) is 4. The van der Waals surface area contributed by atoms with Crippen LogP contribution in [0.15, 0.2) is 18.2 Å². The second-order valence-corrected chi connectivity index (χ2v) is 4.16. The monoisotopic (exact) mass is 254 g/mol. The summed E-state index contributed by atoms with van der Waals surface area (Å²) in [6.45, 7) is 0.603. The van der Waals surface area contributed by atoms with Gasteiger partial charge in [-0.1, -0.05) is 17.7 Å². The number of hydrogen-bond donors (Lipinski definition) is 3. The minimum absolute atomic E-state index is 0.292. The first-order valence-corrected chi connectivity index (χ1v) is 5.68. The first-order valence-electron chi connectivity index (χ1n) is 5.30. The molecule has 1 rings (SSSR count). The summed E-state index contributed by atoms with van der Waals surface area (Å²) in [6.07, 6.45) is -1.50. The number of nitrogens with one attached hydrogen (secondary N) is 1. The molecule has 0 aliphatic heterocycles. The molecule has 5 heteroatoms. The number of aliphatic hydroxyl groups excluding tert-OH is 2. The lowest BCUT2D eigenvalue weighted by atomic mass is 10.0. The smallest absolute Gasteiger partial charge is 0.106 e. The van der Waals surface area contributed by atoms with Crippen molar-refractivity contribution in [3.8, 4) is 6.07 Å². The predicted molar refractivity (Wildman–Crippen MR) is 65.7 cm³/mol. The van der Waals surface area contributed by atoms with Crippen LogP contribution in [0.2, 0.25) is 5.02 Å². The van der Waals surface area contributed by atoms with Crippen LogP contribution in [0.5, 0.6) is 0 Å². The minimum atomic E-state index is -1.04. The molecule has 0 fully saturated rings. The van der Waals surface area contributed by atoms with Crippen molar-refractivity contribution in [3.63, 3.8) is 0 Å². The molecule has 3 N–H and O–H groups in total. The van der Waals surface area contributed by atoms with Crippen LogP contribution in [-0.4, -0.2) is 29.9 Å². The highest BCUT2D eigenvalue weighted by atomic mass is 35.5. The summed E-state index contributed by atoms with van der Waals surface area (Å²) in [4.78, 5) is 0. The van der Waals surface area contributed by atoms with Crippen LogP contribution in [0.25, 0.3) is 0 Å². The first-order chi connectivity index (χ1) is 8.10. The molecule has 0 saturated heterocycles. The Hall–Kier alpha value is -1.12. The van der Waals surface area contributed by atoms with Crippen LogP contribution in [0.4, 0.5) is 0 Å². The van der Waals surface area contributed by atoms with Gasteiger partial charge in [-0.3, -0.25) is 0 Å². The molecule has 92 valence electrons. The number of nitriles is 1. The second kappa shape index (κ2) is 6.58. The van der Waals surface area contributed by atoms with Gasteiger partial charge in [-0.2, -0.15) is 5.26 Å². The van der Waals surface area contributed by atoms with Crippen LogP contribution in [0, 0.1) is 11.3 Å². The maximum atomic E-state index is 9.91. The molecule has 17 heavy (non-hydrogen) atoms. The average Bonchev–Trinajstić information content (AvgIpc) is 2.34. The van der Waals surface area contributed by atoms with Crippen molar-refractivity contribution in [2.75, 3.05) is 13.6 Å². The van der Waals surface area contributed by atoms with E-state index >= 15 is 0 Å². The van der Waals surface area contributed by atoms with E-state index in [4.69, 9.17) is 16.9 Å². The third-order valence-electron chi connectivity index (χ3n) is 2.50. The number of halogens is 1. The van der Waals surface area contributed by atoms with Gasteiger partial charge in [0.2, 0.25) is 0 Å². The number of aliphatic hydroxyl groups is 2. The summed E-state index contributed by atoms with van der Waals surface area (Å²) in [5, 5.41) is 31.5. The summed E-state index contributed by atoms with van der Waals surface area (Å²) in [7, 11) is 1.77. The van der Waals surface area contributed by atoms with Crippen LogP contribution < -0.4 is 5.32 Å². The molecule has 0 radical (unpaired) electrons. The maximum absolute atomic E-state index is 9.91. The summed E-state index contributed by atoms with van der Waals surface area (Å²) in [6, 6.07) is 6.56. The second-order valence-electron chi connectivity index (χ2n) is 3.75. The summed E-state index contributed by atoms with van der Waals surface area (Å²) >= 11 is 5.94. The molecule has 0 aliphatic rings. The standard InChI is InChI=1S/C12H15ClN2O2/c1-15-5-4-11(16)12(17)9-3-2-8(7-14)6-10(9)13/h2-3,6,11-12,15-17H,4-5H2,1H3. The van der Waals surface area contributed by atoms with Crippen molar-refractivity contribution in [1.82, 2.24) is 5.32 Å². The molecule has 0 amide bonds. The lowest BCUT2D eigenvalue weighted by Gasteiger charge is -2.19. The quantitative estimate of drug-likeness (QED) is 0.738. The third-order valence-corrected chi connectivity index (χ3v) is 2.83. The molecule has 0 spiro atoms. The molecule has 1 aromatic carbocycles. The number of rotatable bonds is 5. The summed E-state index contributed by atoms with van der Waals surface area (Å²) < 4.78 is 0. The van der Waals surface area contributed by atoms with E-state index in [-0.39, 0.29) is 0 Å². The molecule has 0 aromatic heterocycles. The van der Waals surface area contributed by atoms with E-state index in [0.29, 0.717) is 29.1 Å². The third kappa shape index (κ3) is 3.69. The molecular formula is C12H15ClN2O2. The highest BCUT2D eigenvalue weighted by Gasteiger charge is 2.20. The molecule has 0 heterocycles. The Morgan fingerprint density at radius 2 is 2.18 bits per heavy atom. The first kappa shape index (κ1) is 13.9. The Morgan fingerprint density at radius 3 is 2.71 bits per heavy atom. The van der Waals surface area contributed by atoms with Gasteiger partial charge in [0.25, 0.3) is 0 Å². The van der Waals surface area contributed by atoms with Gasteiger partial charge in [-0.15, -0.1) is 0 Å². The Bertz CT molecular complexity index is 417. The van der Waals surface area contributed by atoms with E-state index in [1.807, 2.05) is 6.07 Å². The Kier molecular flexibility index (Phi) is 5.39. The zero-order chi connectivity index (χ0) is 12.8. The normalized spacial score (nSPS) is 14.1. The lowest BCUT2D eigenvalue weighted by Crippen LogP contribution is -2.23. The fraction of sp³-hybridized carbons (Fsp3) is 0.417. The van der Waals surface area contributed by atoms with Gasteiger partial charge >= 0.3 is 0 Å². The van der Waals surface area contributed by atoms with Crippen molar-refractivity contribution in [2.45, 2.75) is 18.6 Å². The highest BCUT2D eigenvalue weighted by Crippen LogP contribution is 2.27. The molecule has 0 aliphatic carbocycles. The van der Waals surface area contributed by atoms with Crippen LogP contribution in [0.3, 0.4) is 0 Å². The number of benzene rings is 1. The van der Waals surface area contributed by atoms with E-state index in [1.165, 1.54) is 6.07 Å². The molecule has 2 atom stereocenters. The molecule has 0 bridgehead atoms. The SMILES string of the molecule is CNCCC(O)C(O)c1ccc(C#N)cc1Cl. The van der Waals surface area contributed by atoms with Crippen LogP contribution in [0.1, 0.15) is 23.7 Å².